The molecule has 0 heterocycles. The van der Waals surface area contributed by atoms with Crippen LogP contribution in [0.3, 0.4) is 0 Å². The van der Waals surface area contributed by atoms with Gasteiger partial charge in [-0.25, -0.2) is 0 Å². The Labute approximate surface area is 163 Å². The molecule has 2 aromatic carbocycles. The Bertz CT molecular complexity index is 794. The van der Waals surface area contributed by atoms with Crippen molar-refractivity contribution in [3.05, 3.63) is 60.7 Å². The summed E-state index contributed by atoms with van der Waals surface area (Å²) in [6.07, 6.45) is -0.615. The molecule has 2 aromatic rings. The summed E-state index contributed by atoms with van der Waals surface area (Å²) in [6.45, 7) is 1.79. The van der Waals surface area contributed by atoms with E-state index in [1.807, 2.05) is 36.4 Å². The van der Waals surface area contributed by atoms with E-state index in [2.05, 4.69) is 9.98 Å². The third kappa shape index (κ3) is 4.97. The van der Waals surface area contributed by atoms with Gasteiger partial charge in [-0.1, -0.05) is 36.4 Å². The number of guanidine groups is 4. The molecule has 0 saturated heterocycles. The monoisotopic (exact) mass is 380 g/mol. The highest BCUT2D eigenvalue weighted by atomic mass is 15.4. The summed E-state index contributed by atoms with van der Waals surface area (Å²) in [5.74, 6) is -0.887. The van der Waals surface area contributed by atoms with Crippen molar-refractivity contribution in [2.45, 2.75) is 13.1 Å². The van der Waals surface area contributed by atoms with Crippen molar-refractivity contribution in [1.29, 1.82) is 10.8 Å². The zero-order chi connectivity index (χ0) is 20.7. The first-order valence-electron chi connectivity index (χ1n) is 8.36. The van der Waals surface area contributed by atoms with Crippen molar-refractivity contribution in [3.8, 4) is 0 Å². The molecule has 0 radical (unpaired) electrons. The SMILES string of the molecule is CC(N(C(=N)N=C(N)N)c1ccccc1)N(C(=N)N=C(N)N)c1ccccc1. The van der Waals surface area contributed by atoms with Crippen LogP contribution in [0.25, 0.3) is 0 Å². The molecule has 0 bridgehead atoms. The van der Waals surface area contributed by atoms with Crippen molar-refractivity contribution < 1.29 is 0 Å². The normalized spacial score (nSPS) is 11.0. The molecule has 10 N–H and O–H groups in total. The van der Waals surface area contributed by atoms with Crippen molar-refractivity contribution in [1.82, 2.24) is 0 Å². The molecule has 0 spiro atoms. The highest BCUT2D eigenvalue weighted by molar-refractivity contribution is 6.05. The second-order valence-electron chi connectivity index (χ2n) is 5.76. The van der Waals surface area contributed by atoms with Crippen LogP contribution in [0.2, 0.25) is 0 Å². The zero-order valence-corrected chi connectivity index (χ0v) is 15.4. The molecule has 0 fully saturated rings. The van der Waals surface area contributed by atoms with E-state index in [4.69, 9.17) is 33.8 Å². The van der Waals surface area contributed by atoms with Crippen LogP contribution in [0, 0.1) is 10.8 Å². The molecule has 0 amide bonds. The van der Waals surface area contributed by atoms with Crippen molar-refractivity contribution in [2.24, 2.45) is 32.9 Å². The molecule has 0 aliphatic carbocycles. The molecule has 0 aromatic heterocycles. The van der Waals surface area contributed by atoms with E-state index in [9.17, 15) is 0 Å². The van der Waals surface area contributed by atoms with Crippen LogP contribution in [0.15, 0.2) is 70.6 Å². The fourth-order valence-electron chi connectivity index (χ4n) is 2.67. The van der Waals surface area contributed by atoms with Gasteiger partial charge in [0.15, 0.2) is 11.9 Å². The van der Waals surface area contributed by atoms with Crippen molar-refractivity contribution in [3.63, 3.8) is 0 Å². The maximum Gasteiger partial charge on any atom is 0.227 e. The summed E-state index contributed by atoms with van der Waals surface area (Å²) in [7, 11) is 0. The lowest BCUT2D eigenvalue weighted by Gasteiger charge is -2.38. The van der Waals surface area contributed by atoms with Crippen LogP contribution in [-0.4, -0.2) is 30.0 Å². The van der Waals surface area contributed by atoms with Gasteiger partial charge in [-0.2, -0.15) is 9.98 Å². The number of rotatable bonds is 4. The van der Waals surface area contributed by atoms with Gasteiger partial charge in [-0.05, 0) is 31.2 Å². The van der Waals surface area contributed by atoms with Gasteiger partial charge in [0.1, 0.15) is 6.17 Å². The van der Waals surface area contributed by atoms with E-state index in [0.29, 0.717) is 11.4 Å². The molecular formula is C18H24N10. The Morgan fingerprint density at radius 2 is 1.04 bits per heavy atom. The molecule has 0 aliphatic heterocycles. The quantitative estimate of drug-likeness (QED) is 0.258. The minimum atomic E-state index is -0.615. The Hall–Kier alpha value is -4.08. The predicted molar refractivity (Wildman–Crippen MR) is 114 cm³/mol. The fraction of sp³-hybridized carbons (Fsp3) is 0.111. The average molecular weight is 380 g/mol. The molecule has 2 rings (SSSR count). The van der Waals surface area contributed by atoms with Gasteiger partial charge < -0.3 is 22.9 Å². The second kappa shape index (κ2) is 9.03. The van der Waals surface area contributed by atoms with Gasteiger partial charge in [0.05, 0.1) is 0 Å². The average Bonchev–Trinajstić information content (AvgIpc) is 2.62. The minimum absolute atomic E-state index is 0.197. The molecule has 146 valence electrons. The summed E-state index contributed by atoms with van der Waals surface area (Å²) < 4.78 is 0. The highest BCUT2D eigenvalue weighted by Gasteiger charge is 2.28. The van der Waals surface area contributed by atoms with Crippen LogP contribution >= 0.6 is 0 Å². The number of aliphatic imine (C=N–C) groups is 2. The molecule has 0 unspecified atom stereocenters. The summed E-state index contributed by atoms with van der Waals surface area (Å²) in [5, 5.41) is 16.8. The van der Waals surface area contributed by atoms with Crippen LogP contribution in [0.5, 0.6) is 0 Å². The molecule has 0 atom stereocenters. The summed E-state index contributed by atoms with van der Waals surface area (Å²) in [4.78, 5) is 10.9. The number of hydrogen-bond acceptors (Lipinski definition) is 2. The van der Waals surface area contributed by atoms with Crippen LogP contribution in [0.4, 0.5) is 11.4 Å². The molecule has 0 aliphatic rings. The Kier molecular flexibility index (Phi) is 6.53. The molecular weight excluding hydrogens is 356 g/mol. The van der Waals surface area contributed by atoms with Crippen molar-refractivity contribution >= 4 is 35.2 Å². The number of nitrogens with two attached hydrogens (primary N) is 4. The third-order valence-corrected chi connectivity index (χ3v) is 3.74. The van der Waals surface area contributed by atoms with Crippen LogP contribution < -0.4 is 32.7 Å². The Morgan fingerprint density at radius 3 is 1.32 bits per heavy atom. The van der Waals surface area contributed by atoms with E-state index < -0.39 is 6.17 Å². The van der Waals surface area contributed by atoms with E-state index >= 15 is 0 Å². The number of nitrogens with one attached hydrogen (secondary N) is 2. The number of para-hydroxylation sites is 2. The minimum Gasteiger partial charge on any atom is -0.370 e. The second-order valence-corrected chi connectivity index (χ2v) is 5.76. The third-order valence-electron chi connectivity index (χ3n) is 3.74. The van der Waals surface area contributed by atoms with Gasteiger partial charge in [0, 0.05) is 11.4 Å². The number of benzene rings is 2. The first-order valence-corrected chi connectivity index (χ1v) is 8.36. The van der Waals surface area contributed by atoms with Gasteiger partial charge in [0.25, 0.3) is 0 Å². The summed E-state index contributed by atoms with van der Waals surface area (Å²) in [6, 6.07) is 18.2. The Morgan fingerprint density at radius 1 is 0.714 bits per heavy atom. The van der Waals surface area contributed by atoms with E-state index in [1.54, 1.807) is 41.0 Å². The number of anilines is 2. The summed E-state index contributed by atoms with van der Waals surface area (Å²) in [5.41, 5.74) is 23.2. The van der Waals surface area contributed by atoms with Crippen LogP contribution in [0.1, 0.15) is 6.92 Å². The molecule has 10 nitrogen and oxygen atoms in total. The zero-order valence-electron chi connectivity index (χ0n) is 15.4. The molecule has 0 saturated carbocycles. The predicted octanol–water partition coefficient (Wildman–Crippen LogP) is 0.762. The van der Waals surface area contributed by atoms with E-state index in [1.165, 1.54) is 0 Å². The van der Waals surface area contributed by atoms with Crippen molar-refractivity contribution in [2.75, 3.05) is 9.80 Å². The van der Waals surface area contributed by atoms with E-state index in [0.717, 1.165) is 0 Å². The molecule has 10 heteroatoms. The first-order chi connectivity index (χ1) is 13.3. The largest absolute Gasteiger partial charge is 0.370 e. The lowest BCUT2D eigenvalue weighted by Crippen LogP contribution is -2.52. The van der Waals surface area contributed by atoms with Gasteiger partial charge in [0.2, 0.25) is 11.9 Å². The van der Waals surface area contributed by atoms with Gasteiger partial charge in [-0.15, -0.1) is 0 Å². The topological polar surface area (TPSA) is 183 Å². The fourth-order valence-corrected chi connectivity index (χ4v) is 2.67. The standard InChI is InChI=1S/C18H24N10/c1-12(27(17(23)25-15(19)20)13-8-4-2-5-9-13)28(18(24)26-16(21)22)14-10-6-3-7-11-14/h2-12H,1H3,(H5,19,20,23,25)(H5,21,22,24,26). The lowest BCUT2D eigenvalue weighted by molar-refractivity contribution is 0.737. The lowest BCUT2D eigenvalue weighted by atomic mass is 10.2. The summed E-state index contributed by atoms with van der Waals surface area (Å²) >= 11 is 0. The molecule has 28 heavy (non-hydrogen) atoms. The smallest absolute Gasteiger partial charge is 0.227 e. The Balaban J connectivity index is 2.57. The maximum atomic E-state index is 8.38. The van der Waals surface area contributed by atoms with Gasteiger partial charge >= 0.3 is 0 Å². The van der Waals surface area contributed by atoms with E-state index in [-0.39, 0.29) is 23.8 Å². The highest BCUT2D eigenvalue weighted by Crippen LogP contribution is 2.24. The number of hydrogen-bond donors (Lipinski definition) is 6. The maximum absolute atomic E-state index is 8.38. The van der Waals surface area contributed by atoms with Gasteiger partial charge in [-0.3, -0.25) is 20.6 Å². The first kappa shape index (κ1) is 20.2. The van der Waals surface area contributed by atoms with Crippen LogP contribution in [-0.2, 0) is 0 Å². The number of nitrogens with zero attached hydrogens (tertiary/aromatic N) is 4.